The molecule has 1 amide bonds. The molecule has 0 unspecified atom stereocenters. The van der Waals surface area contributed by atoms with Gasteiger partial charge in [-0.3, -0.25) is 9.36 Å². The second kappa shape index (κ2) is 7.15. The van der Waals surface area contributed by atoms with E-state index in [0.29, 0.717) is 5.16 Å². The Kier molecular flexibility index (Phi) is 4.77. The quantitative estimate of drug-likeness (QED) is 0.704. The molecule has 1 N–H and O–H groups in total. The van der Waals surface area contributed by atoms with E-state index in [2.05, 4.69) is 15.5 Å². The van der Waals surface area contributed by atoms with Crippen LogP contribution in [0.15, 0.2) is 64.6 Å². The molecule has 3 rings (SSSR count). The standard InChI is InChI=1S/C16H16N4O2S/c1-12(14-8-5-9-22-14)18-15(21)10-23-16-19-17-11-20(16)13-6-3-2-4-7-13/h2-9,11-12H,10H2,1H3,(H,18,21)/t12-/m1/s1. The highest BCUT2D eigenvalue weighted by Crippen LogP contribution is 2.19. The maximum absolute atomic E-state index is 12.1. The summed E-state index contributed by atoms with van der Waals surface area (Å²) in [5.41, 5.74) is 0.962. The second-order valence-electron chi connectivity index (χ2n) is 4.91. The fourth-order valence-electron chi connectivity index (χ4n) is 2.11. The normalized spacial score (nSPS) is 12.0. The number of rotatable bonds is 6. The van der Waals surface area contributed by atoms with Gasteiger partial charge in [-0.15, -0.1) is 10.2 Å². The molecule has 118 valence electrons. The van der Waals surface area contributed by atoms with Crippen LogP contribution in [-0.2, 0) is 4.79 Å². The average molecular weight is 328 g/mol. The first-order valence-electron chi connectivity index (χ1n) is 7.15. The van der Waals surface area contributed by atoms with Gasteiger partial charge in [0.15, 0.2) is 5.16 Å². The van der Waals surface area contributed by atoms with Crippen LogP contribution in [0.3, 0.4) is 0 Å². The number of amides is 1. The fourth-order valence-corrected chi connectivity index (χ4v) is 2.85. The van der Waals surface area contributed by atoms with Crippen LogP contribution < -0.4 is 5.32 Å². The first-order valence-corrected chi connectivity index (χ1v) is 8.13. The van der Waals surface area contributed by atoms with Crippen LogP contribution in [0.5, 0.6) is 0 Å². The first-order chi connectivity index (χ1) is 11.2. The lowest BCUT2D eigenvalue weighted by molar-refractivity contribution is -0.119. The van der Waals surface area contributed by atoms with Gasteiger partial charge in [0.2, 0.25) is 5.91 Å². The molecule has 0 bridgehead atoms. The molecule has 3 aromatic rings. The number of nitrogens with zero attached hydrogens (tertiary/aromatic N) is 3. The van der Waals surface area contributed by atoms with Crippen LogP contribution in [0.25, 0.3) is 5.69 Å². The van der Waals surface area contributed by atoms with E-state index >= 15 is 0 Å². The highest BCUT2D eigenvalue weighted by atomic mass is 32.2. The van der Waals surface area contributed by atoms with Crippen molar-refractivity contribution in [1.82, 2.24) is 20.1 Å². The van der Waals surface area contributed by atoms with Gasteiger partial charge in [-0.1, -0.05) is 30.0 Å². The molecule has 0 saturated heterocycles. The molecule has 1 atom stereocenters. The Labute approximate surface area is 137 Å². The van der Waals surface area contributed by atoms with Crippen molar-refractivity contribution >= 4 is 17.7 Å². The highest BCUT2D eigenvalue weighted by molar-refractivity contribution is 7.99. The maximum Gasteiger partial charge on any atom is 0.231 e. The molecule has 0 aliphatic carbocycles. The molecule has 0 spiro atoms. The van der Waals surface area contributed by atoms with Gasteiger partial charge in [-0.25, -0.2) is 0 Å². The summed E-state index contributed by atoms with van der Waals surface area (Å²) in [6.07, 6.45) is 3.23. The van der Waals surface area contributed by atoms with Crippen molar-refractivity contribution in [2.75, 3.05) is 5.75 Å². The number of hydrogen-bond acceptors (Lipinski definition) is 5. The molecule has 1 aromatic carbocycles. The summed E-state index contributed by atoms with van der Waals surface area (Å²) >= 11 is 1.34. The lowest BCUT2D eigenvalue weighted by Crippen LogP contribution is -2.28. The largest absolute Gasteiger partial charge is 0.467 e. The van der Waals surface area contributed by atoms with Gasteiger partial charge in [0.1, 0.15) is 12.1 Å². The monoisotopic (exact) mass is 328 g/mol. The Morgan fingerprint density at radius 1 is 1.30 bits per heavy atom. The van der Waals surface area contributed by atoms with Gasteiger partial charge in [0, 0.05) is 5.69 Å². The van der Waals surface area contributed by atoms with Crippen molar-refractivity contribution in [3.05, 3.63) is 60.8 Å². The van der Waals surface area contributed by atoms with Gasteiger partial charge in [0.25, 0.3) is 0 Å². The van der Waals surface area contributed by atoms with E-state index < -0.39 is 0 Å². The van der Waals surface area contributed by atoms with Gasteiger partial charge in [0.05, 0.1) is 18.1 Å². The number of aromatic nitrogens is 3. The van der Waals surface area contributed by atoms with Gasteiger partial charge in [-0.05, 0) is 31.2 Å². The summed E-state index contributed by atoms with van der Waals surface area (Å²) in [6, 6.07) is 13.2. The van der Waals surface area contributed by atoms with Crippen LogP contribution >= 0.6 is 11.8 Å². The number of nitrogens with one attached hydrogen (secondary N) is 1. The Hall–Kier alpha value is -2.54. The molecular weight excluding hydrogens is 312 g/mol. The topological polar surface area (TPSA) is 73.0 Å². The lowest BCUT2D eigenvalue weighted by atomic mass is 10.2. The van der Waals surface area contributed by atoms with Crippen LogP contribution in [0.4, 0.5) is 0 Å². The Morgan fingerprint density at radius 3 is 2.87 bits per heavy atom. The Balaban J connectivity index is 1.59. The van der Waals surface area contributed by atoms with Gasteiger partial charge < -0.3 is 9.73 Å². The minimum absolute atomic E-state index is 0.0819. The van der Waals surface area contributed by atoms with E-state index in [9.17, 15) is 4.79 Å². The van der Waals surface area contributed by atoms with E-state index in [-0.39, 0.29) is 17.7 Å². The van der Waals surface area contributed by atoms with Gasteiger partial charge >= 0.3 is 0 Å². The molecule has 2 aromatic heterocycles. The number of hydrogen-bond donors (Lipinski definition) is 1. The second-order valence-corrected chi connectivity index (χ2v) is 5.85. The highest BCUT2D eigenvalue weighted by Gasteiger charge is 2.14. The van der Waals surface area contributed by atoms with E-state index in [1.165, 1.54) is 11.8 Å². The minimum atomic E-state index is -0.162. The molecule has 2 heterocycles. The predicted molar refractivity (Wildman–Crippen MR) is 87.3 cm³/mol. The molecule has 0 aliphatic rings. The molecule has 0 fully saturated rings. The zero-order chi connectivity index (χ0) is 16.1. The number of carbonyl (C=O) groups is 1. The Bertz CT molecular complexity index is 756. The third-order valence-electron chi connectivity index (χ3n) is 3.23. The molecular formula is C16H16N4O2S. The zero-order valence-electron chi connectivity index (χ0n) is 12.5. The van der Waals surface area contributed by atoms with Crippen LogP contribution in [0.2, 0.25) is 0 Å². The van der Waals surface area contributed by atoms with Gasteiger partial charge in [-0.2, -0.15) is 0 Å². The fraction of sp³-hybridized carbons (Fsp3) is 0.188. The Morgan fingerprint density at radius 2 is 2.13 bits per heavy atom. The number of carbonyl (C=O) groups excluding carboxylic acids is 1. The molecule has 7 heteroatoms. The van der Waals surface area contributed by atoms with E-state index in [1.54, 1.807) is 18.7 Å². The molecule has 0 aliphatic heterocycles. The van der Waals surface area contributed by atoms with E-state index in [1.807, 2.05) is 47.9 Å². The van der Waals surface area contributed by atoms with Crippen molar-refractivity contribution in [3.8, 4) is 5.69 Å². The molecule has 0 saturated carbocycles. The summed E-state index contributed by atoms with van der Waals surface area (Å²) in [5.74, 6) is 0.911. The number of thioether (sulfide) groups is 1. The molecule has 0 radical (unpaired) electrons. The van der Waals surface area contributed by atoms with E-state index in [4.69, 9.17) is 4.42 Å². The number of furan rings is 1. The third-order valence-corrected chi connectivity index (χ3v) is 4.17. The summed E-state index contributed by atoms with van der Waals surface area (Å²) in [7, 11) is 0. The van der Waals surface area contributed by atoms with Crippen LogP contribution in [0.1, 0.15) is 18.7 Å². The number of benzene rings is 1. The van der Waals surface area contributed by atoms with Crippen molar-refractivity contribution < 1.29 is 9.21 Å². The van der Waals surface area contributed by atoms with Crippen LogP contribution in [0, 0.1) is 0 Å². The zero-order valence-corrected chi connectivity index (χ0v) is 13.4. The summed E-state index contributed by atoms with van der Waals surface area (Å²) in [5, 5.41) is 11.6. The summed E-state index contributed by atoms with van der Waals surface area (Å²) in [6.45, 7) is 1.88. The maximum atomic E-state index is 12.1. The van der Waals surface area contributed by atoms with E-state index in [0.717, 1.165) is 11.4 Å². The third kappa shape index (κ3) is 3.81. The first kappa shape index (κ1) is 15.4. The molecule has 6 nitrogen and oxygen atoms in total. The minimum Gasteiger partial charge on any atom is -0.467 e. The smallest absolute Gasteiger partial charge is 0.231 e. The van der Waals surface area contributed by atoms with Crippen molar-refractivity contribution in [2.45, 2.75) is 18.1 Å². The SMILES string of the molecule is C[C@@H](NC(=O)CSc1nncn1-c1ccccc1)c1ccco1. The number of para-hydroxylation sites is 1. The lowest BCUT2D eigenvalue weighted by Gasteiger charge is -2.11. The predicted octanol–water partition coefficient (Wildman–Crippen LogP) is 2.83. The summed E-state index contributed by atoms with van der Waals surface area (Å²) < 4.78 is 7.13. The van der Waals surface area contributed by atoms with Crippen LogP contribution in [-0.4, -0.2) is 26.4 Å². The summed E-state index contributed by atoms with van der Waals surface area (Å²) in [4.78, 5) is 12.1. The van der Waals surface area contributed by atoms with Crippen molar-refractivity contribution in [1.29, 1.82) is 0 Å². The molecule has 23 heavy (non-hydrogen) atoms. The van der Waals surface area contributed by atoms with Crippen molar-refractivity contribution in [2.24, 2.45) is 0 Å². The van der Waals surface area contributed by atoms with Crippen molar-refractivity contribution in [3.63, 3.8) is 0 Å². The average Bonchev–Trinajstić information content (AvgIpc) is 3.25.